The lowest BCUT2D eigenvalue weighted by molar-refractivity contribution is -0.136. The van der Waals surface area contributed by atoms with Crippen molar-refractivity contribution in [2.24, 2.45) is 0 Å². The van der Waals surface area contributed by atoms with Gasteiger partial charge in [0.05, 0.1) is 24.3 Å². The molecule has 1 aliphatic heterocycles. The monoisotopic (exact) mass is 420 g/mol. The minimum atomic E-state index is -0.571. The maximum atomic E-state index is 12.2. The average molecular weight is 420 g/mol. The fourth-order valence-corrected chi connectivity index (χ4v) is 3.20. The number of amides is 2. The molecule has 0 saturated heterocycles. The van der Waals surface area contributed by atoms with Crippen molar-refractivity contribution in [2.75, 3.05) is 13.7 Å². The van der Waals surface area contributed by atoms with Gasteiger partial charge >= 0.3 is 5.97 Å². The fraction of sp³-hybridized carbons (Fsp3) is 0.208. The van der Waals surface area contributed by atoms with E-state index in [1.165, 1.54) is 7.11 Å². The summed E-state index contributed by atoms with van der Waals surface area (Å²) >= 11 is 0. The molecule has 1 heterocycles. The van der Waals surface area contributed by atoms with E-state index in [1.54, 1.807) is 37.3 Å². The summed E-state index contributed by atoms with van der Waals surface area (Å²) in [5.41, 5.74) is 2.64. The molecule has 31 heavy (non-hydrogen) atoms. The minimum absolute atomic E-state index is 0.117. The van der Waals surface area contributed by atoms with Gasteiger partial charge in [0.1, 0.15) is 5.75 Å². The van der Waals surface area contributed by atoms with Crippen molar-refractivity contribution in [3.05, 3.63) is 82.6 Å². The van der Waals surface area contributed by atoms with Crippen molar-refractivity contribution >= 4 is 23.9 Å². The third-order valence-corrected chi connectivity index (χ3v) is 4.82. The van der Waals surface area contributed by atoms with E-state index >= 15 is 0 Å². The molecule has 7 nitrogen and oxygen atoms in total. The highest BCUT2D eigenvalue weighted by atomic mass is 16.5. The zero-order valence-corrected chi connectivity index (χ0v) is 17.6. The second-order valence-corrected chi connectivity index (χ2v) is 7.06. The second kappa shape index (κ2) is 9.75. The van der Waals surface area contributed by atoms with Gasteiger partial charge in [-0.2, -0.15) is 0 Å². The molecule has 3 rings (SSSR count). The Morgan fingerprint density at radius 1 is 1.10 bits per heavy atom. The summed E-state index contributed by atoms with van der Waals surface area (Å²) in [6, 6.07) is 16.4. The molecule has 2 aromatic carbocycles. The van der Waals surface area contributed by atoms with E-state index in [0.717, 1.165) is 5.56 Å². The summed E-state index contributed by atoms with van der Waals surface area (Å²) < 4.78 is 10.3. The lowest BCUT2D eigenvalue weighted by atomic mass is 10.0. The van der Waals surface area contributed by atoms with Gasteiger partial charge in [0.15, 0.2) is 6.61 Å². The summed E-state index contributed by atoms with van der Waals surface area (Å²) in [6.07, 6.45) is 1.61. The molecular weight excluding hydrogens is 396 g/mol. The number of carbonyl (C=O) groups is 3. The van der Waals surface area contributed by atoms with Gasteiger partial charge in [0.25, 0.3) is 11.8 Å². The van der Waals surface area contributed by atoms with Gasteiger partial charge in [0.2, 0.25) is 0 Å². The van der Waals surface area contributed by atoms with Gasteiger partial charge in [-0.25, -0.2) is 4.79 Å². The normalized spacial score (nSPS) is 15.5. The molecule has 1 aliphatic rings. The third-order valence-electron chi connectivity index (χ3n) is 4.82. The van der Waals surface area contributed by atoms with Crippen LogP contribution in [0.4, 0.5) is 0 Å². The van der Waals surface area contributed by atoms with Crippen molar-refractivity contribution in [3.8, 4) is 5.75 Å². The van der Waals surface area contributed by atoms with Crippen molar-refractivity contribution in [3.63, 3.8) is 0 Å². The van der Waals surface area contributed by atoms with Gasteiger partial charge in [-0.3, -0.25) is 9.59 Å². The predicted octanol–water partition coefficient (Wildman–Crippen LogP) is 2.90. The predicted molar refractivity (Wildman–Crippen MR) is 116 cm³/mol. The second-order valence-electron chi connectivity index (χ2n) is 7.06. The number of benzene rings is 2. The van der Waals surface area contributed by atoms with Crippen molar-refractivity contribution in [1.29, 1.82) is 0 Å². The van der Waals surface area contributed by atoms with E-state index in [4.69, 9.17) is 9.47 Å². The van der Waals surface area contributed by atoms with Crippen molar-refractivity contribution < 1.29 is 23.9 Å². The molecule has 0 aromatic heterocycles. The summed E-state index contributed by atoms with van der Waals surface area (Å²) in [7, 11) is 1.27. The molecule has 0 fully saturated rings. The van der Waals surface area contributed by atoms with E-state index in [9.17, 15) is 14.4 Å². The van der Waals surface area contributed by atoms with Crippen LogP contribution in [0, 0.1) is 0 Å². The van der Waals surface area contributed by atoms with Gasteiger partial charge < -0.3 is 20.1 Å². The Hall–Kier alpha value is -3.87. The summed E-state index contributed by atoms with van der Waals surface area (Å²) in [5, 5.41) is 5.52. The molecule has 160 valence electrons. The Labute approximate surface area is 180 Å². The quantitative estimate of drug-likeness (QED) is 0.531. The average Bonchev–Trinajstić information content (AvgIpc) is 3.06. The highest BCUT2D eigenvalue weighted by Crippen LogP contribution is 2.25. The van der Waals surface area contributed by atoms with Crippen molar-refractivity contribution in [1.82, 2.24) is 10.6 Å². The largest absolute Gasteiger partial charge is 0.484 e. The maximum Gasteiger partial charge on any atom is 0.340 e. The van der Waals surface area contributed by atoms with E-state index in [-0.39, 0.29) is 35.6 Å². The first-order valence-corrected chi connectivity index (χ1v) is 9.79. The van der Waals surface area contributed by atoms with E-state index in [0.29, 0.717) is 17.0 Å². The van der Waals surface area contributed by atoms with Gasteiger partial charge in [-0.15, -0.1) is 0 Å². The Bertz CT molecular complexity index is 1040. The Balaban J connectivity index is 1.60. The van der Waals surface area contributed by atoms with Gasteiger partial charge in [-0.1, -0.05) is 42.5 Å². The number of hydrogen-bond acceptors (Lipinski definition) is 5. The molecule has 0 bridgehead atoms. The number of rotatable bonds is 7. The SMILES string of the molecule is COC(=O)C1=C(C)NC(=O)/C1=C\c1ccc(OCC(=O)N[C@H](C)c2ccccc2)cc1. The molecule has 2 amide bonds. The first-order valence-electron chi connectivity index (χ1n) is 9.79. The standard InChI is InChI=1S/C24H24N2O5/c1-15(18-7-5-4-6-8-18)25-21(27)14-31-19-11-9-17(10-12-19)13-20-22(24(29)30-3)16(2)26-23(20)28/h4-13,15H,14H2,1-3H3,(H,25,27)(H,26,28)/b20-13-/t15-/m1/s1. The molecule has 0 radical (unpaired) electrons. The number of methoxy groups -OCH3 is 1. The Morgan fingerprint density at radius 3 is 2.42 bits per heavy atom. The van der Waals surface area contributed by atoms with Crippen LogP contribution in [0.15, 0.2) is 71.4 Å². The zero-order valence-electron chi connectivity index (χ0n) is 17.6. The molecule has 1 atom stereocenters. The maximum absolute atomic E-state index is 12.2. The van der Waals surface area contributed by atoms with Crippen molar-refractivity contribution in [2.45, 2.75) is 19.9 Å². The summed E-state index contributed by atoms with van der Waals surface area (Å²) in [5.74, 6) is -0.644. The summed E-state index contributed by atoms with van der Waals surface area (Å²) in [4.78, 5) is 36.3. The Kier molecular flexibility index (Phi) is 6.87. The first kappa shape index (κ1) is 21.8. The van der Waals surface area contributed by atoms with Crippen LogP contribution in [0.5, 0.6) is 5.75 Å². The van der Waals surface area contributed by atoms with Crippen LogP contribution in [0.1, 0.15) is 31.0 Å². The molecule has 2 N–H and O–H groups in total. The number of esters is 1. The Morgan fingerprint density at radius 2 is 1.77 bits per heavy atom. The van der Waals surface area contributed by atoms with E-state index < -0.39 is 5.97 Å². The van der Waals surface area contributed by atoms with Crippen LogP contribution in [0.25, 0.3) is 6.08 Å². The van der Waals surface area contributed by atoms with Crippen LogP contribution in [0.2, 0.25) is 0 Å². The first-order chi connectivity index (χ1) is 14.9. The zero-order chi connectivity index (χ0) is 22.4. The molecule has 0 saturated carbocycles. The minimum Gasteiger partial charge on any atom is -0.484 e. The van der Waals surface area contributed by atoms with Crippen LogP contribution in [-0.2, 0) is 19.1 Å². The number of carbonyl (C=O) groups excluding carboxylic acids is 3. The molecule has 0 aliphatic carbocycles. The van der Waals surface area contributed by atoms with Crippen LogP contribution in [0.3, 0.4) is 0 Å². The number of allylic oxidation sites excluding steroid dienone is 1. The highest BCUT2D eigenvalue weighted by Gasteiger charge is 2.30. The van der Waals surface area contributed by atoms with E-state index in [2.05, 4.69) is 10.6 Å². The molecular formula is C24H24N2O5. The molecule has 0 unspecified atom stereocenters. The lowest BCUT2D eigenvalue weighted by Crippen LogP contribution is -2.31. The van der Waals surface area contributed by atoms with Gasteiger partial charge in [-0.05, 0) is 43.2 Å². The van der Waals surface area contributed by atoms with E-state index in [1.807, 2.05) is 37.3 Å². The van der Waals surface area contributed by atoms with Crippen LogP contribution < -0.4 is 15.4 Å². The topological polar surface area (TPSA) is 93.7 Å². The van der Waals surface area contributed by atoms with Crippen LogP contribution in [-0.4, -0.2) is 31.5 Å². The number of hydrogen-bond donors (Lipinski definition) is 2. The van der Waals surface area contributed by atoms with Crippen LogP contribution >= 0.6 is 0 Å². The number of nitrogens with one attached hydrogen (secondary N) is 2. The molecule has 2 aromatic rings. The number of ether oxygens (including phenoxy) is 2. The molecule has 7 heteroatoms. The highest BCUT2D eigenvalue weighted by molar-refractivity contribution is 6.16. The smallest absolute Gasteiger partial charge is 0.340 e. The summed E-state index contributed by atoms with van der Waals surface area (Å²) in [6.45, 7) is 3.44. The third kappa shape index (κ3) is 5.39. The van der Waals surface area contributed by atoms with Gasteiger partial charge in [0, 0.05) is 5.70 Å². The fourth-order valence-electron chi connectivity index (χ4n) is 3.20. The molecule has 0 spiro atoms. The lowest BCUT2D eigenvalue weighted by Gasteiger charge is -2.14.